The Morgan fingerprint density at radius 3 is 2.72 bits per heavy atom. The molecule has 25 heavy (non-hydrogen) atoms. The summed E-state index contributed by atoms with van der Waals surface area (Å²) in [6.45, 7) is 0.584. The van der Waals surface area contributed by atoms with Crippen LogP contribution in [0.3, 0.4) is 0 Å². The van der Waals surface area contributed by atoms with Gasteiger partial charge in [0.2, 0.25) is 0 Å². The monoisotopic (exact) mass is 372 g/mol. The second-order valence-corrected chi connectivity index (χ2v) is 6.10. The molecule has 0 radical (unpaired) electrons. The van der Waals surface area contributed by atoms with E-state index < -0.39 is 0 Å². The Hall–Kier alpha value is -2.63. The molecular formula is C18H14Cl2N4O. The van der Waals surface area contributed by atoms with Gasteiger partial charge in [0.05, 0.1) is 22.0 Å². The van der Waals surface area contributed by atoms with Gasteiger partial charge in [-0.1, -0.05) is 29.3 Å². The largest absolute Gasteiger partial charge is 0.380 e. The van der Waals surface area contributed by atoms with E-state index in [0.29, 0.717) is 27.8 Å². The molecule has 126 valence electrons. The summed E-state index contributed by atoms with van der Waals surface area (Å²) in [5.74, 6) is -0.318. The highest BCUT2D eigenvalue weighted by Crippen LogP contribution is 2.26. The SMILES string of the molecule is O=C(Nc1cc(Cl)ccc1Cl)c1cncc(NCc2cccnc2)c1. The maximum atomic E-state index is 12.4. The minimum atomic E-state index is -0.318. The lowest BCUT2D eigenvalue weighted by Crippen LogP contribution is -2.13. The van der Waals surface area contributed by atoms with E-state index >= 15 is 0 Å². The van der Waals surface area contributed by atoms with Gasteiger partial charge in [-0.25, -0.2) is 0 Å². The number of anilines is 2. The van der Waals surface area contributed by atoms with Gasteiger partial charge in [-0.15, -0.1) is 0 Å². The number of carbonyl (C=O) groups is 1. The summed E-state index contributed by atoms with van der Waals surface area (Å²) in [6, 6.07) is 10.4. The van der Waals surface area contributed by atoms with Crippen LogP contribution in [0.1, 0.15) is 15.9 Å². The molecule has 7 heteroatoms. The van der Waals surface area contributed by atoms with Gasteiger partial charge in [0.15, 0.2) is 0 Å². The van der Waals surface area contributed by atoms with E-state index in [4.69, 9.17) is 23.2 Å². The van der Waals surface area contributed by atoms with Gasteiger partial charge in [-0.3, -0.25) is 14.8 Å². The van der Waals surface area contributed by atoms with Gasteiger partial charge in [0.25, 0.3) is 5.91 Å². The highest BCUT2D eigenvalue weighted by Gasteiger charge is 2.10. The van der Waals surface area contributed by atoms with Crippen molar-refractivity contribution in [2.24, 2.45) is 0 Å². The molecular weight excluding hydrogens is 359 g/mol. The molecule has 0 bridgehead atoms. The first-order valence-corrected chi connectivity index (χ1v) is 8.21. The lowest BCUT2D eigenvalue weighted by atomic mass is 10.2. The third-order valence-corrected chi connectivity index (χ3v) is 3.96. The number of benzene rings is 1. The van der Waals surface area contributed by atoms with Crippen LogP contribution in [0.2, 0.25) is 10.0 Å². The number of nitrogens with one attached hydrogen (secondary N) is 2. The third kappa shape index (κ3) is 4.68. The molecule has 0 atom stereocenters. The standard InChI is InChI=1S/C18H14Cl2N4O/c19-14-3-4-16(20)17(7-14)24-18(25)13-6-15(11-22-10-13)23-9-12-2-1-5-21-8-12/h1-8,10-11,23H,9H2,(H,24,25). The number of aromatic nitrogens is 2. The fourth-order valence-corrected chi connectivity index (χ4v) is 2.49. The molecule has 0 unspecified atom stereocenters. The molecule has 5 nitrogen and oxygen atoms in total. The molecule has 3 aromatic rings. The molecule has 3 rings (SSSR count). The highest BCUT2D eigenvalue weighted by atomic mass is 35.5. The van der Waals surface area contributed by atoms with Gasteiger partial charge in [0, 0.05) is 36.4 Å². The van der Waals surface area contributed by atoms with Crippen molar-refractivity contribution in [3.8, 4) is 0 Å². The van der Waals surface area contributed by atoms with Crippen LogP contribution in [0.4, 0.5) is 11.4 Å². The van der Waals surface area contributed by atoms with Gasteiger partial charge < -0.3 is 10.6 Å². The zero-order valence-corrected chi connectivity index (χ0v) is 14.6. The summed E-state index contributed by atoms with van der Waals surface area (Å²) in [7, 11) is 0. The first-order chi connectivity index (χ1) is 12.1. The van der Waals surface area contributed by atoms with Crippen molar-refractivity contribution in [3.05, 3.63) is 82.4 Å². The predicted octanol–water partition coefficient (Wildman–Crippen LogP) is 4.65. The molecule has 2 heterocycles. The number of halogens is 2. The first kappa shape index (κ1) is 17.2. The lowest BCUT2D eigenvalue weighted by molar-refractivity contribution is 0.102. The van der Waals surface area contributed by atoms with Crippen LogP contribution >= 0.6 is 23.2 Å². The van der Waals surface area contributed by atoms with Gasteiger partial charge in [-0.05, 0) is 35.9 Å². The Balaban J connectivity index is 1.70. The summed E-state index contributed by atoms with van der Waals surface area (Å²) in [5.41, 5.74) is 2.62. The van der Waals surface area contributed by atoms with Crippen molar-refractivity contribution >= 4 is 40.5 Å². The molecule has 2 aromatic heterocycles. The second kappa shape index (κ2) is 7.96. The average molecular weight is 373 g/mol. The molecule has 0 aliphatic rings. The minimum absolute atomic E-state index is 0.318. The fourth-order valence-electron chi connectivity index (χ4n) is 2.16. The molecule has 0 aliphatic heterocycles. The quantitative estimate of drug-likeness (QED) is 0.683. The van der Waals surface area contributed by atoms with Gasteiger partial charge in [-0.2, -0.15) is 0 Å². The van der Waals surface area contributed by atoms with E-state index in [1.807, 2.05) is 12.1 Å². The number of rotatable bonds is 5. The maximum absolute atomic E-state index is 12.4. The average Bonchev–Trinajstić information content (AvgIpc) is 2.64. The zero-order chi connectivity index (χ0) is 17.6. The van der Waals surface area contributed by atoms with Crippen LogP contribution < -0.4 is 10.6 Å². The van der Waals surface area contributed by atoms with Crippen molar-refractivity contribution in [2.75, 3.05) is 10.6 Å². The molecule has 1 aromatic carbocycles. The Morgan fingerprint density at radius 2 is 1.92 bits per heavy atom. The number of carbonyl (C=O) groups excluding carboxylic acids is 1. The summed E-state index contributed by atoms with van der Waals surface area (Å²) in [6.07, 6.45) is 6.64. The molecule has 0 saturated heterocycles. The Labute approximate surface area is 155 Å². The summed E-state index contributed by atoms with van der Waals surface area (Å²) in [5, 5.41) is 6.85. The van der Waals surface area contributed by atoms with Crippen molar-refractivity contribution in [1.29, 1.82) is 0 Å². The summed E-state index contributed by atoms with van der Waals surface area (Å²) < 4.78 is 0. The summed E-state index contributed by atoms with van der Waals surface area (Å²) >= 11 is 12.0. The van der Waals surface area contributed by atoms with Crippen LogP contribution in [0.5, 0.6) is 0 Å². The smallest absolute Gasteiger partial charge is 0.257 e. The molecule has 0 spiro atoms. The highest BCUT2D eigenvalue weighted by molar-refractivity contribution is 6.35. The topological polar surface area (TPSA) is 66.9 Å². The maximum Gasteiger partial charge on any atom is 0.257 e. The lowest BCUT2D eigenvalue weighted by Gasteiger charge is -2.10. The Bertz CT molecular complexity index is 887. The van der Waals surface area contributed by atoms with Crippen molar-refractivity contribution in [1.82, 2.24) is 9.97 Å². The van der Waals surface area contributed by atoms with E-state index in [-0.39, 0.29) is 5.91 Å². The second-order valence-electron chi connectivity index (χ2n) is 5.26. The van der Waals surface area contributed by atoms with Crippen LogP contribution in [-0.2, 0) is 6.54 Å². The predicted molar refractivity (Wildman–Crippen MR) is 100 cm³/mol. The molecule has 2 N–H and O–H groups in total. The summed E-state index contributed by atoms with van der Waals surface area (Å²) in [4.78, 5) is 20.6. The van der Waals surface area contributed by atoms with Gasteiger partial charge in [0.1, 0.15) is 0 Å². The fraction of sp³-hybridized carbons (Fsp3) is 0.0556. The zero-order valence-electron chi connectivity index (χ0n) is 13.0. The van der Waals surface area contributed by atoms with E-state index in [1.165, 1.54) is 6.20 Å². The van der Waals surface area contributed by atoms with Crippen LogP contribution in [0.15, 0.2) is 61.2 Å². The van der Waals surface area contributed by atoms with Crippen molar-refractivity contribution in [3.63, 3.8) is 0 Å². The number of pyridine rings is 2. The van der Waals surface area contributed by atoms with Crippen LogP contribution in [-0.4, -0.2) is 15.9 Å². The van der Waals surface area contributed by atoms with Crippen LogP contribution in [0, 0.1) is 0 Å². The van der Waals surface area contributed by atoms with Crippen molar-refractivity contribution < 1.29 is 4.79 Å². The number of hydrogen-bond donors (Lipinski definition) is 2. The molecule has 0 aliphatic carbocycles. The Kier molecular flexibility index (Phi) is 5.48. The first-order valence-electron chi connectivity index (χ1n) is 7.46. The number of amides is 1. The van der Waals surface area contributed by atoms with E-state index in [1.54, 1.807) is 42.9 Å². The number of hydrogen-bond acceptors (Lipinski definition) is 4. The normalized spacial score (nSPS) is 10.3. The van der Waals surface area contributed by atoms with Gasteiger partial charge >= 0.3 is 0 Å². The number of nitrogens with zero attached hydrogens (tertiary/aromatic N) is 2. The van der Waals surface area contributed by atoms with Crippen molar-refractivity contribution in [2.45, 2.75) is 6.54 Å². The molecule has 1 amide bonds. The third-order valence-electron chi connectivity index (χ3n) is 3.40. The van der Waals surface area contributed by atoms with Crippen LogP contribution in [0.25, 0.3) is 0 Å². The Morgan fingerprint density at radius 1 is 1.04 bits per heavy atom. The van der Waals surface area contributed by atoms with E-state index in [0.717, 1.165) is 11.3 Å². The molecule has 0 saturated carbocycles. The van der Waals surface area contributed by atoms with E-state index in [9.17, 15) is 4.79 Å². The molecule has 0 fully saturated rings. The van der Waals surface area contributed by atoms with E-state index in [2.05, 4.69) is 20.6 Å². The minimum Gasteiger partial charge on any atom is -0.380 e.